The van der Waals surface area contributed by atoms with Gasteiger partial charge in [0.05, 0.1) is 22.4 Å². The second-order valence-corrected chi connectivity index (χ2v) is 16.5. The van der Waals surface area contributed by atoms with Gasteiger partial charge in [0.2, 0.25) is 0 Å². The van der Waals surface area contributed by atoms with Crippen LogP contribution in [0.25, 0.3) is 104 Å². The lowest BCUT2D eigenvalue weighted by Crippen LogP contribution is -2.10. The second-order valence-electron chi connectivity index (χ2n) is 16.5. The van der Waals surface area contributed by atoms with Crippen LogP contribution >= 0.6 is 0 Å². The summed E-state index contributed by atoms with van der Waals surface area (Å²) in [5, 5.41) is 11.8. The maximum atomic E-state index is 6.59. The molecule has 0 radical (unpaired) electrons. The zero-order valence-corrected chi connectivity index (χ0v) is 34.2. The van der Waals surface area contributed by atoms with Gasteiger partial charge in [-0.25, -0.2) is 0 Å². The smallest absolute Gasteiger partial charge is 0.143 e. The fraction of sp³-hybridized carbons (Fsp3) is 0. The Morgan fingerprint density at radius 2 is 0.984 bits per heavy atom. The first-order chi connectivity index (χ1) is 31.2. The van der Waals surface area contributed by atoms with E-state index in [9.17, 15) is 0 Å². The van der Waals surface area contributed by atoms with E-state index in [2.05, 4.69) is 234 Å². The summed E-state index contributed by atoms with van der Waals surface area (Å²) in [5.41, 5.74) is 13.4. The number of rotatable bonds is 6. The lowest BCUT2D eigenvalue weighted by atomic mass is 9.96. The first-order valence-corrected chi connectivity index (χ1v) is 21.6. The molecule has 0 bridgehead atoms. The zero-order chi connectivity index (χ0) is 41.4. The highest BCUT2D eigenvalue weighted by molar-refractivity contribution is 6.16. The van der Waals surface area contributed by atoms with E-state index in [1.165, 1.54) is 65.7 Å². The highest BCUT2D eigenvalue weighted by Gasteiger charge is 2.20. The van der Waals surface area contributed by atoms with Crippen molar-refractivity contribution in [1.82, 2.24) is 4.57 Å². The Bertz CT molecular complexity index is 3910. The van der Waals surface area contributed by atoms with Gasteiger partial charge in [-0.1, -0.05) is 164 Å². The van der Waals surface area contributed by atoms with Crippen LogP contribution in [-0.2, 0) is 0 Å². The Balaban J connectivity index is 0.977. The van der Waals surface area contributed by atoms with Crippen LogP contribution < -0.4 is 4.90 Å². The minimum absolute atomic E-state index is 0.900. The summed E-state index contributed by atoms with van der Waals surface area (Å²) in [6, 6.07) is 83.5. The minimum Gasteiger partial charge on any atom is -0.455 e. The van der Waals surface area contributed by atoms with Gasteiger partial charge in [-0.15, -0.1) is 0 Å². The Kier molecular flexibility index (Phi) is 7.91. The highest BCUT2D eigenvalue weighted by atomic mass is 16.3. The normalized spacial score (nSPS) is 11.8. The first kappa shape index (κ1) is 35.4. The van der Waals surface area contributed by atoms with Crippen molar-refractivity contribution >= 4 is 93.1 Å². The van der Waals surface area contributed by atoms with Crippen LogP contribution in [0.4, 0.5) is 17.1 Å². The third kappa shape index (κ3) is 5.60. The second kappa shape index (κ2) is 14.1. The van der Waals surface area contributed by atoms with E-state index in [1.807, 2.05) is 6.07 Å². The molecule has 0 unspecified atom stereocenters. The molecule has 11 aromatic carbocycles. The molecule has 2 aromatic heterocycles. The van der Waals surface area contributed by atoms with E-state index in [0.717, 1.165) is 55.3 Å². The molecule has 3 heteroatoms. The molecule has 3 nitrogen and oxygen atoms in total. The summed E-state index contributed by atoms with van der Waals surface area (Å²) in [7, 11) is 0. The minimum atomic E-state index is 0.900. The van der Waals surface area contributed by atoms with Crippen LogP contribution in [0.15, 0.2) is 235 Å². The largest absolute Gasteiger partial charge is 0.455 e. The van der Waals surface area contributed by atoms with Gasteiger partial charge in [0.15, 0.2) is 0 Å². The lowest BCUT2D eigenvalue weighted by molar-refractivity contribution is 0.672. The molecule has 0 aliphatic heterocycles. The monoisotopic (exact) mass is 802 g/mol. The molecular weight excluding hydrogens is 765 g/mol. The molecule has 0 saturated carbocycles. The zero-order valence-electron chi connectivity index (χ0n) is 34.2. The van der Waals surface area contributed by atoms with Crippen LogP contribution in [0, 0.1) is 0 Å². The van der Waals surface area contributed by atoms with Crippen LogP contribution in [0.2, 0.25) is 0 Å². The van der Waals surface area contributed by atoms with Crippen molar-refractivity contribution in [3.8, 4) is 27.9 Å². The molecule has 0 N–H and O–H groups in total. The molecule has 0 fully saturated rings. The summed E-state index contributed by atoms with van der Waals surface area (Å²) < 4.78 is 9.02. The average molecular weight is 803 g/mol. The fourth-order valence-electron chi connectivity index (χ4n) is 10.0. The third-order valence-electron chi connectivity index (χ3n) is 13.0. The molecule has 0 aliphatic rings. The number of hydrogen-bond acceptors (Lipinski definition) is 2. The van der Waals surface area contributed by atoms with Crippen molar-refractivity contribution in [1.29, 1.82) is 0 Å². The van der Waals surface area contributed by atoms with Crippen LogP contribution in [0.1, 0.15) is 0 Å². The van der Waals surface area contributed by atoms with E-state index >= 15 is 0 Å². The Morgan fingerprint density at radius 1 is 0.333 bits per heavy atom. The van der Waals surface area contributed by atoms with Crippen molar-refractivity contribution < 1.29 is 4.42 Å². The van der Waals surface area contributed by atoms with Crippen molar-refractivity contribution in [2.45, 2.75) is 0 Å². The van der Waals surface area contributed by atoms with E-state index in [1.54, 1.807) is 0 Å². The number of hydrogen-bond donors (Lipinski definition) is 0. The maximum Gasteiger partial charge on any atom is 0.143 e. The van der Waals surface area contributed by atoms with Crippen molar-refractivity contribution in [2.75, 3.05) is 4.90 Å². The van der Waals surface area contributed by atoms with E-state index in [-0.39, 0.29) is 0 Å². The molecular formula is C60H38N2O. The summed E-state index contributed by atoms with van der Waals surface area (Å²) >= 11 is 0. The number of benzene rings is 11. The summed E-state index contributed by atoms with van der Waals surface area (Å²) in [6.45, 7) is 0. The number of para-hydroxylation sites is 2. The van der Waals surface area contributed by atoms with Gasteiger partial charge >= 0.3 is 0 Å². The SMILES string of the molecule is c1ccc(-c2ccc(N(c3ccc(-c4ccc5c(c4)c4ccccc4n5-c4cccc5ccccc45)cc3)c3ccc4ccc5c6ccccc6oc5c4c3)c3ccccc23)cc1. The third-order valence-corrected chi connectivity index (χ3v) is 13.0. The predicted molar refractivity (Wildman–Crippen MR) is 266 cm³/mol. The standard InChI is InChI=1S/C60H38N2O/c1-2-13-40(14-3-1)46-34-36-57(49-19-7-6-18-48(46)49)61(45-32-27-42-28-33-52-51-21-9-11-24-59(51)63-60(52)53(42)38-45)44-30-25-39(26-31-44)43-29-35-58-54(37-43)50-20-8-10-22-56(50)62(58)55-23-12-16-41-15-4-5-17-47(41)55/h1-38H. The molecule has 63 heavy (non-hydrogen) atoms. The van der Waals surface area contributed by atoms with Crippen LogP contribution in [-0.4, -0.2) is 4.57 Å². The van der Waals surface area contributed by atoms with Gasteiger partial charge in [0, 0.05) is 49.1 Å². The Hall–Kier alpha value is -8.40. The summed E-state index contributed by atoms with van der Waals surface area (Å²) in [4.78, 5) is 2.41. The van der Waals surface area contributed by atoms with Crippen molar-refractivity contribution in [3.63, 3.8) is 0 Å². The van der Waals surface area contributed by atoms with Crippen LogP contribution in [0.5, 0.6) is 0 Å². The molecule has 0 spiro atoms. The number of fused-ring (bicyclic) bond motifs is 10. The molecule has 2 heterocycles. The quantitative estimate of drug-likeness (QED) is 0.167. The number of aromatic nitrogens is 1. The highest BCUT2D eigenvalue weighted by Crippen LogP contribution is 2.45. The van der Waals surface area contributed by atoms with Crippen LogP contribution in [0.3, 0.4) is 0 Å². The summed E-state index contributed by atoms with van der Waals surface area (Å²) in [6.07, 6.45) is 0. The van der Waals surface area contributed by atoms with E-state index in [4.69, 9.17) is 4.42 Å². The lowest BCUT2D eigenvalue weighted by Gasteiger charge is -2.28. The molecule has 0 aliphatic carbocycles. The van der Waals surface area contributed by atoms with Gasteiger partial charge in [-0.3, -0.25) is 0 Å². The van der Waals surface area contributed by atoms with Gasteiger partial charge in [-0.2, -0.15) is 0 Å². The molecule has 13 rings (SSSR count). The molecule has 0 atom stereocenters. The van der Waals surface area contributed by atoms with Crippen molar-refractivity contribution in [2.24, 2.45) is 0 Å². The number of furan rings is 1. The van der Waals surface area contributed by atoms with E-state index < -0.39 is 0 Å². The fourth-order valence-corrected chi connectivity index (χ4v) is 10.0. The Labute approximate surface area is 363 Å². The molecule has 0 saturated heterocycles. The average Bonchev–Trinajstić information content (AvgIpc) is 3.90. The topological polar surface area (TPSA) is 21.3 Å². The summed E-state index contributed by atoms with van der Waals surface area (Å²) in [5.74, 6) is 0. The van der Waals surface area contributed by atoms with E-state index in [0.29, 0.717) is 0 Å². The van der Waals surface area contributed by atoms with Gasteiger partial charge in [-0.05, 0) is 105 Å². The maximum absolute atomic E-state index is 6.59. The Morgan fingerprint density at radius 3 is 1.86 bits per heavy atom. The first-order valence-electron chi connectivity index (χ1n) is 21.6. The molecule has 294 valence electrons. The molecule has 13 aromatic rings. The number of anilines is 3. The van der Waals surface area contributed by atoms with Gasteiger partial charge in [0.25, 0.3) is 0 Å². The molecule has 0 amide bonds. The number of nitrogens with zero attached hydrogens (tertiary/aromatic N) is 2. The van der Waals surface area contributed by atoms with Gasteiger partial charge in [0.1, 0.15) is 11.2 Å². The predicted octanol–water partition coefficient (Wildman–Crippen LogP) is 16.9. The van der Waals surface area contributed by atoms with Crippen molar-refractivity contribution in [3.05, 3.63) is 231 Å². The van der Waals surface area contributed by atoms with Gasteiger partial charge < -0.3 is 13.9 Å².